The Morgan fingerprint density at radius 2 is 2.33 bits per heavy atom. The Bertz CT molecular complexity index is 229. The summed E-state index contributed by atoms with van der Waals surface area (Å²) in [5, 5.41) is 17.6. The lowest BCUT2D eigenvalue weighted by molar-refractivity contribution is 0.296. The van der Waals surface area contributed by atoms with Crippen molar-refractivity contribution in [3.63, 3.8) is 0 Å². The molecular weight excluding hydrogens is 208 g/mol. The minimum Gasteiger partial charge on any atom is -0.396 e. The number of hydrogen-bond donors (Lipinski definition) is 2. The molecule has 0 aromatic heterocycles. The Kier molecular flexibility index (Phi) is 5.44. The molecule has 0 aromatic carbocycles. The van der Waals surface area contributed by atoms with E-state index in [0.29, 0.717) is 5.92 Å². The summed E-state index contributed by atoms with van der Waals surface area (Å²) < 4.78 is 0. The summed E-state index contributed by atoms with van der Waals surface area (Å²) in [5.41, 5.74) is 5.48. The van der Waals surface area contributed by atoms with Gasteiger partial charge < -0.3 is 10.8 Å². The van der Waals surface area contributed by atoms with Crippen LogP contribution in [0.1, 0.15) is 32.1 Å². The molecule has 2 atom stereocenters. The second kappa shape index (κ2) is 6.37. The van der Waals surface area contributed by atoms with Crippen molar-refractivity contribution in [1.29, 1.82) is 5.26 Å². The minimum atomic E-state index is -0.558. The van der Waals surface area contributed by atoms with Gasteiger partial charge in [-0.05, 0) is 43.1 Å². The predicted molar refractivity (Wildman–Crippen MR) is 63.5 cm³/mol. The quantitative estimate of drug-likeness (QED) is 0.676. The Morgan fingerprint density at radius 3 is 3.00 bits per heavy atom. The standard InChI is InChI=1S/C11H20N2OS/c12-9-11(13)5-1-3-10(11)4-8-15-7-2-6-14/h10,14H,1-8,13H2. The molecule has 86 valence electrons. The van der Waals surface area contributed by atoms with Crippen LogP contribution in [-0.2, 0) is 0 Å². The molecule has 3 nitrogen and oxygen atoms in total. The van der Waals surface area contributed by atoms with Gasteiger partial charge in [0.15, 0.2) is 0 Å². The second-order valence-corrected chi connectivity index (χ2v) is 5.44. The van der Waals surface area contributed by atoms with Crippen LogP contribution >= 0.6 is 11.8 Å². The van der Waals surface area contributed by atoms with E-state index in [0.717, 1.165) is 43.6 Å². The van der Waals surface area contributed by atoms with Crippen molar-refractivity contribution in [2.75, 3.05) is 18.1 Å². The molecule has 0 saturated heterocycles. The number of thioether (sulfide) groups is 1. The number of nitrogens with two attached hydrogens (primary N) is 1. The van der Waals surface area contributed by atoms with Crippen molar-refractivity contribution in [2.24, 2.45) is 11.7 Å². The molecule has 3 N–H and O–H groups in total. The molecule has 0 amide bonds. The van der Waals surface area contributed by atoms with E-state index >= 15 is 0 Å². The van der Waals surface area contributed by atoms with Crippen LogP contribution in [0.5, 0.6) is 0 Å². The van der Waals surface area contributed by atoms with Crippen LogP contribution in [0.2, 0.25) is 0 Å². The summed E-state index contributed by atoms with van der Waals surface area (Å²) in [6, 6.07) is 2.27. The predicted octanol–water partition coefficient (Wildman–Crippen LogP) is 1.51. The van der Waals surface area contributed by atoms with Gasteiger partial charge in [0.2, 0.25) is 0 Å². The van der Waals surface area contributed by atoms with Crippen molar-refractivity contribution in [3.05, 3.63) is 0 Å². The molecule has 1 aliphatic carbocycles. The van der Waals surface area contributed by atoms with E-state index in [4.69, 9.17) is 16.1 Å². The lowest BCUT2D eigenvalue weighted by Crippen LogP contribution is -2.41. The highest BCUT2D eigenvalue weighted by Crippen LogP contribution is 2.36. The molecule has 1 saturated carbocycles. The minimum absolute atomic E-state index is 0.273. The van der Waals surface area contributed by atoms with Gasteiger partial charge in [0, 0.05) is 6.61 Å². The van der Waals surface area contributed by atoms with Crippen LogP contribution in [0.25, 0.3) is 0 Å². The van der Waals surface area contributed by atoms with Gasteiger partial charge in [-0.1, -0.05) is 6.42 Å². The Labute approximate surface area is 96.0 Å². The fraction of sp³-hybridized carbons (Fsp3) is 0.909. The first kappa shape index (κ1) is 12.8. The third kappa shape index (κ3) is 3.67. The largest absolute Gasteiger partial charge is 0.396 e. The molecule has 1 fully saturated rings. The summed E-state index contributed by atoms with van der Waals surface area (Å²) in [5.74, 6) is 2.45. The summed E-state index contributed by atoms with van der Waals surface area (Å²) >= 11 is 1.85. The third-order valence-corrected chi connectivity index (χ3v) is 4.24. The van der Waals surface area contributed by atoms with Gasteiger partial charge in [-0.3, -0.25) is 0 Å². The summed E-state index contributed by atoms with van der Waals surface area (Å²) in [4.78, 5) is 0. The topological polar surface area (TPSA) is 70.0 Å². The molecule has 1 rings (SSSR count). The molecule has 0 bridgehead atoms. The summed E-state index contributed by atoms with van der Waals surface area (Å²) in [6.07, 6.45) is 4.96. The van der Waals surface area contributed by atoms with E-state index in [2.05, 4.69) is 6.07 Å². The lowest BCUT2D eigenvalue weighted by atomic mass is 9.88. The zero-order valence-electron chi connectivity index (χ0n) is 9.11. The van der Waals surface area contributed by atoms with Gasteiger partial charge in [-0.2, -0.15) is 17.0 Å². The van der Waals surface area contributed by atoms with E-state index in [1.807, 2.05) is 11.8 Å². The molecule has 4 heteroatoms. The van der Waals surface area contributed by atoms with Crippen molar-refractivity contribution in [1.82, 2.24) is 0 Å². The zero-order valence-corrected chi connectivity index (χ0v) is 9.93. The molecule has 15 heavy (non-hydrogen) atoms. The van der Waals surface area contributed by atoms with Gasteiger partial charge in [-0.25, -0.2) is 0 Å². The number of nitrogens with zero attached hydrogens (tertiary/aromatic N) is 1. The maximum absolute atomic E-state index is 9.02. The molecule has 0 radical (unpaired) electrons. The van der Waals surface area contributed by atoms with Crippen LogP contribution in [-0.4, -0.2) is 28.8 Å². The monoisotopic (exact) mass is 228 g/mol. The second-order valence-electron chi connectivity index (χ2n) is 4.22. The normalized spacial score (nSPS) is 30.3. The SMILES string of the molecule is N#CC1(N)CCCC1CCSCCCO. The lowest BCUT2D eigenvalue weighted by Gasteiger charge is -2.23. The van der Waals surface area contributed by atoms with E-state index in [1.165, 1.54) is 0 Å². The fourth-order valence-electron chi connectivity index (χ4n) is 2.15. The smallest absolute Gasteiger partial charge is 0.107 e. The Morgan fingerprint density at radius 1 is 1.53 bits per heavy atom. The molecule has 0 heterocycles. The zero-order chi connectivity index (χ0) is 11.1. The van der Waals surface area contributed by atoms with Crippen LogP contribution in [0.4, 0.5) is 0 Å². The van der Waals surface area contributed by atoms with Crippen molar-refractivity contribution in [2.45, 2.75) is 37.6 Å². The molecule has 0 aliphatic heterocycles. The summed E-state index contributed by atoms with van der Waals surface area (Å²) in [6.45, 7) is 0.273. The number of hydrogen-bond acceptors (Lipinski definition) is 4. The van der Waals surface area contributed by atoms with Gasteiger partial charge >= 0.3 is 0 Å². The average Bonchev–Trinajstić information content (AvgIpc) is 2.61. The van der Waals surface area contributed by atoms with Gasteiger partial charge in [0.25, 0.3) is 0 Å². The molecular formula is C11H20N2OS. The molecule has 0 spiro atoms. The van der Waals surface area contributed by atoms with Crippen LogP contribution < -0.4 is 5.73 Å². The van der Waals surface area contributed by atoms with Crippen LogP contribution in [0.3, 0.4) is 0 Å². The van der Waals surface area contributed by atoms with Crippen molar-refractivity contribution >= 4 is 11.8 Å². The van der Waals surface area contributed by atoms with Crippen molar-refractivity contribution in [3.8, 4) is 6.07 Å². The van der Waals surface area contributed by atoms with E-state index in [9.17, 15) is 0 Å². The summed E-state index contributed by atoms with van der Waals surface area (Å²) in [7, 11) is 0. The maximum Gasteiger partial charge on any atom is 0.107 e. The first-order chi connectivity index (χ1) is 7.23. The number of aliphatic hydroxyl groups excluding tert-OH is 1. The highest BCUT2D eigenvalue weighted by molar-refractivity contribution is 7.99. The first-order valence-electron chi connectivity index (χ1n) is 5.61. The van der Waals surface area contributed by atoms with Crippen LogP contribution in [0.15, 0.2) is 0 Å². The molecule has 1 aliphatic rings. The van der Waals surface area contributed by atoms with E-state index in [-0.39, 0.29) is 6.61 Å². The van der Waals surface area contributed by atoms with Gasteiger partial charge in [-0.15, -0.1) is 0 Å². The van der Waals surface area contributed by atoms with E-state index < -0.39 is 5.54 Å². The van der Waals surface area contributed by atoms with E-state index in [1.54, 1.807) is 0 Å². The highest BCUT2D eigenvalue weighted by Gasteiger charge is 2.38. The number of rotatable bonds is 6. The molecule has 2 unspecified atom stereocenters. The number of nitriles is 1. The van der Waals surface area contributed by atoms with Gasteiger partial charge in [0.05, 0.1) is 6.07 Å². The van der Waals surface area contributed by atoms with Crippen LogP contribution in [0, 0.1) is 17.2 Å². The van der Waals surface area contributed by atoms with Crippen molar-refractivity contribution < 1.29 is 5.11 Å². The third-order valence-electron chi connectivity index (χ3n) is 3.14. The fourth-order valence-corrected chi connectivity index (χ4v) is 3.13. The molecule has 0 aromatic rings. The number of aliphatic hydroxyl groups is 1. The average molecular weight is 228 g/mol. The first-order valence-corrected chi connectivity index (χ1v) is 6.77. The highest BCUT2D eigenvalue weighted by atomic mass is 32.2. The Balaban J connectivity index is 2.18. The van der Waals surface area contributed by atoms with Gasteiger partial charge in [0.1, 0.15) is 5.54 Å². The maximum atomic E-state index is 9.02. The Hall–Kier alpha value is -0.240.